The van der Waals surface area contributed by atoms with E-state index in [1.807, 2.05) is 6.07 Å². The van der Waals surface area contributed by atoms with Crippen LogP contribution >= 0.6 is 11.6 Å². The van der Waals surface area contributed by atoms with Gasteiger partial charge in [0, 0.05) is 48.6 Å². The molecule has 1 N–H and O–H groups in total. The van der Waals surface area contributed by atoms with Gasteiger partial charge in [-0.3, -0.25) is 9.69 Å². The smallest absolute Gasteiger partial charge is 0.351 e. The number of H-pyrrole nitrogens is 1. The van der Waals surface area contributed by atoms with E-state index in [1.54, 1.807) is 29.2 Å². The van der Waals surface area contributed by atoms with Crippen LogP contribution in [0.4, 0.5) is 13.2 Å². The van der Waals surface area contributed by atoms with Crippen LogP contribution in [0.3, 0.4) is 0 Å². The summed E-state index contributed by atoms with van der Waals surface area (Å²) < 4.78 is 39.4. The van der Waals surface area contributed by atoms with Gasteiger partial charge in [0.25, 0.3) is 5.91 Å². The number of nitrogens with zero attached hydrogens (tertiary/aromatic N) is 2. The van der Waals surface area contributed by atoms with Crippen LogP contribution in [-0.2, 0) is 12.7 Å². The summed E-state index contributed by atoms with van der Waals surface area (Å²) in [6, 6.07) is 11.7. The Labute approximate surface area is 177 Å². The summed E-state index contributed by atoms with van der Waals surface area (Å²) in [7, 11) is 0. The van der Waals surface area contributed by atoms with Crippen molar-refractivity contribution in [3.05, 3.63) is 69.9 Å². The number of alkyl halides is 3. The third-order valence-corrected chi connectivity index (χ3v) is 5.72. The van der Waals surface area contributed by atoms with Crippen molar-refractivity contribution in [2.24, 2.45) is 0 Å². The Kier molecular flexibility index (Phi) is 5.51. The number of aromatic amines is 1. The second-order valence-electron chi connectivity index (χ2n) is 7.63. The van der Waals surface area contributed by atoms with E-state index in [0.717, 1.165) is 10.9 Å². The zero-order valence-electron chi connectivity index (χ0n) is 16.4. The molecule has 0 spiro atoms. The number of halogens is 4. The van der Waals surface area contributed by atoms with Crippen LogP contribution in [0.5, 0.6) is 0 Å². The van der Waals surface area contributed by atoms with E-state index < -0.39 is 11.7 Å². The van der Waals surface area contributed by atoms with Gasteiger partial charge in [-0.1, -0.05) is 23.7 Å². The Morgan fingerprint density at radius 1 is 1.07 bits per heavy atom. The van der Waals surface area contributed by atoms with E-state index >= 15 is 0 Å². The lowest BCUT2D eigenvalue weighted by Gasteiger charge is -2.34. The molecule has 2 heterocycles. The standard InChI is InChI=1S/C22H21ClF3N3O/c1-14-2-3-15(10-18(14)22(24,25)26)13-28-6-8-29(9-7-28)21(30)20-12-16-11-17(23)4-5-19(16)27-20/h2-5,10-12,27H,6-9,13H2,1H3. The highest BCUT2D eigenvalue weighted by molar-refractivity contribution is 6.31. The molecule has 0 atom stereocenters. The van der Waals surface area contributed by atoms with E-state index in [4.69, 9.17) is 11.6 Å². The number of aromatic nitrogens is 1. The van der Waals surface area contributed by atoms with E-state index in [-0.39, 0.29) is 11.5 Å². The summed E-state index contributed by atoms with van der Waals surface area (Å²) in [5, 5.41) is 1.49. The van der Waals surface area contributed by atoms with E-state index in [1.165, 1.54) is 19.1 Å². The Morgan fingerprint density at radius 3 is 2.50 bits per heavy atom. The minimum atomic E-state index is -4.35. The monoisotopic (exact) mass is 435 g/mol. The number of piperazine rings is 1. The van der Waals surface area contributed by atoms with Crippen molar-refractivity contribution in [1.29, 1.82) is 0 Å². The molecule has 0 saturated carbocycles. The first kappa shape index (κ1) is 20.8. The van der Waals surface area contributed by atoms with Gasteiger partial charge in [0.15, 0.2) is 0 Å². The normalized spacial score (nSPS) is 15.7. The van der Waals surface area contributed by atoms with Gasteiger partial charge in [-0.2, -0.15) is 13.2 Å². The van der Waals surface area contributed by atoms with E-state index in [2.05, 4.69) is 9.88 Å². The SMILES string of the molecule is Cc1ccc(CN2CCN(C(=O)c3cc4cc(Cl)ccc4[nH]3)CC2)cc1C(F)(F)F. The maximum Gasteiger partial charge on any atom is 0.416 e. The number of fused-ring (bicyclic) bond motifs is 1. The molecule has 1 aliphatic rings. The molecule has 30 heavy (non-hydrogen) atoms. The minimum Gasteiger partial charge on any atom is -0.351 e. The predicted octanol–water partition coefficient (Wildman–Crippen LogP) is 5.11. The Morgan fingerprint density at radius 2 is 1.80 bits per heavy atom. The number of hydrogen-bond acceptors (Lipinski definition) is 2. The quantitative estimate of drug-likeness (QED) is 0.621. The van der Waals surface area contributed by atoms with Crippen molar-refractivity contribution < 1.29 is 18.0 Å². The molecule has 1 saturated heterocycles. The molecule has 1 amide bonds. The maximum atomic E-state index is 13.1. The van der Waals surface area contributed by atoms with Gasteiger partial charge >= 0.3 is 6.18 Å². The van der Waals surface area contributed by atoms with Gasteiger partial charge in [0.2, 0.25) is 0 Å². The third-order valence-electron chi connectivity index (χ3n) is 5.49. The summed E-state index contributed by atoms with van der Waals surface area (Å²) in [5.41, 5.74) is 1.62. The first-order chi connectivity index (χ1) is 14.2. The fourth-order valence-corrected chi connectivity index (χ4v) is 4.01. The first-order valence-electron chi connectivity index (χ1n) is 9.67. The van der Waals surface area contributed by atoms with Crippen LogP contribution < -0.4 is 0 Å². The lowest BCUT2D eigenvalue weighted by Crippen LogP contribution is -2.48. The van der Waals surface area contributed by atoms with E-state index in [0.29, 0.717) is 49.0 Å². The lowest BCUT2D eigenvalue weighted by atomic mass is 10.0. The summed E-state index contributed by atoms with van der Waals surface area (Å²) in [6.07, 6.45) is -4.35. The summed E-state index contributed by atoms with van der Waals surface area (Å²) in [6.45, 7) is 4.14. The van der Waals surface area contributed by atoms with Gasteiger partial charge in [0.05, 0.1) is 5.56 Å². The number of aryl methyl sites for hydroxylation is 1. The summed E-state index contributed by atoms with van der Waals surface area (Å²) >= 11 is 6.00. The average molecular weight is 436 g/mol. The van der Waals surface area contributed by atoms with Crippen LogP contribution in [0.2, 0.25) is 5.02 Å². The predicted molar refractivity (Wildman–Crippen MR) is 111 cm³/mol. The molecule has 1 aliphatic heterocycles. The van der Waals surface area contributed by atoms with Crippen molar-refractivity contribution in [2.45, 2.75) is 19.6 Å². The number of amides is 1. The molecule has 0 aliphatic carbocycles. The second kappa shape index (κ2) is 7.96. The van der Waals surface area contributed by atoms with Crippen molar-refractivity contribution in [3.63, 3.8) is 0 Å². The number of carbonyl (C=O) groups is 1. The molecule has 8 heteroatoms. The zero-order chi connectivity index (χ0) is 21.5. The molecule has 2 aromatic carbocycles. The summed E-state index contributed by atoms with van der Waals surface area (Å²) in [5.74, 6) is -0.0864. The second-order valence-corrected chi connectivity index (χ2v) is 8.07. The molecule has 1 fully saturated rings. The van der Waals surface area contributed by atoms with Gasteiger partial charge in [-0.15, -0.1) is 0 Å². The number of hydrogen-bond donors (Lipinski definition) is 1. The average Bonchev–Trinajstić information content (AvgIpc) is 3.12. The molecule has 1 aromatic heterocycles. The molecule has 0 bridgehead atoms. The van der Waals surface area contributed by atoms with Crippen LogP contribution in [0.15, 0.2) is 42.5 Å². The Bertz CT molecular complexity index is 1080. The molecule has 3 aromatic rings. The van der Waals surface area contributed by atoms with E-state index in [9.17, 15) is 18.0 Å². The van der Waals surface area contributed by atoms with Gasteiger partial charge < -0.3 is 9.88 Å². The van der Waals surface area contributed by atoms with Crippen molar-refractivity contribution >= 4 is 28.4 Å². The Balaban J connectivity index is 1.39. The number of nitrogens with one attached hydrogen (secondary N) is 1. The molecule has 4 rings (SSSR count). The van der Waals surface area contributed by atoms with Crippen molar-refractivity contribution in [3.8, 4) is 0 Å². The molecule has 158 valence electrons. The molecular formula is C22H21ClF3N3O. The number of carbonyl (C=O) groups excluding carboxylic acids is 1. The number of benzene rings is 2. The van der Waals surface area contributed by atoms with Gasteiger partial charge in [-0.05, 0) is 48.4 Å². The lowest BCUT2D eigenvalue weighted by molar-refractivity contribution is -0.138. The van der Waals surface area contributed by atoms with Gasteiger partial charge in [-0.25, -0.2) is 0 Å². The van der Waals surface area contributed by atoms with Crippen molar-refractivity contribution in [1.82, 2.24) is 14.8 Å². The number of rotatable bonds is 3. The first-order valence-corrected chi connectivity index (χ1v) is 10.0. The molecule has 0 unspecified atom stereocenters. The van der Waals surface area contributed by atoms with Crippen LogP contribution in [0, 0.1) is 6.92 Å². The molecular weight excluding hydrogens is 415 g/mol. The topological polar surface area (TPSA) is 39.3 Å². The highest BCUT2D eigenvalue weighted by Crippen LogP contribution is 2.32. The minimum absolute atomic E-state index is 0.0864. The summed E-state index contributed by atoms with van der Waals surface area (Å²) in [4.78, 5) is 19.8. The van der Waals surface area contributed by atoms with Crippen LogP contribution in [-0.4, -0.2) is 46.9 Å². The fourth-order valence-electron chi connectivity index (χ4n) is 3.83. The van der Waals surface area contributed by atoms with Gasteiger partial charge in [0.1, 0.15) is 5.69 Å². The largest absolute Gasteiger partial charge is 0.416 e. The highest BCUT2D eigenvalue weighted by Gasteiger charge is 2.32. The third kappa shape index (κ3) is 4.32. The maximum absolute atomic E-state index is 13.1. The van der Waals surface area contributed by atoms with Crippen LogP contribution in [0.1, 0.15) is 27.2 Å². The highest BCUT2D eigenvalue weighted by atomic mass is 35.5. The Hall–Kier alpha value is -2.51. The van der Waals surface area contributed by atoms with Crippen LogP contribution in [0.25, 0.3) is 10.9 Å². The molecule has 4 nitrogen and oxygen atoms in total. The molecule has 0 radical (unpaired) electrons. The zero-order valence-corrected chi connectivity index (χ0v) is 17.1. The fraction of sp³-hybridized carbons (Fsp3) is 0.318. The van der Waals surface area contributed by atoms with Crippen molar-refractivity contribution in [2.75, 3.05) is 26.2 Å².